The number of carbonyl (C=O) groups excluding carboxylic acids is 1. The summed E-state index contributed by atoms with van der Waals surface area (Å²) in [4.78, 5) is 19.8. The maximum Gasteiger partial charge on any atom is 0.259 e. The lowest BCUT2D eigenvalue weighted by molar-refractivity contribution is 0.102. The second-order valence-corrected chi connectivity index (χ2v) is 15.7. The van der Waals surface area contributed by atoms with Crippen molar-refractivity contribution >= 4 is 103 Å². The summed E-state index contributed by atoms with van der Waals surface area (Å²) in [6, 6.07) is 19.1. The second kappa shape index (κ2) is 13.5. The van der Waals surface area contributed by atoms with E-state index in [0.717, 1.165) is 59.5 Å². The topological polar surface area (TPSA) is 50.7 Å². The Bertz CT molecular complexity index is 1620. The Hall–Kier alpha value is -1.66. The van der Waals surface area contributed by atoms with Gasteiger partial charge in [0.05, 0.1) is 12.7 Å². The molecule has 1 aliphatic carbocycles. The van der Waals surface area contributed by atoms with Gasteiger partial charge in [0.2, 0.25) is 0 Å². The summed E-state index contributed by atoms with van der Waals surface area (Å²) in [7, 11) is 0. The van der Waals surface area contributed by atoms with Crippen LogP contribution < -0.4 is 10.1 Å². The summed E-state index contributed by atoms with van der Waals surface area (Å²) in [5.41, 5.74) is 4.65. The van der Waals surface area contributed by atoms with Crippen molar-refractivity contribution in [3.8, 4) is 5.75 Å². The van der Waals surface area contributed by atoms with Gasteiger partial charge in [-0.3, -0.25) is 4.79 Å². The van der Waals surface area contributed by atoms with Crippen molar-refractivity contribution in [1.29, 1.82) is 0 Å². The lowest BCUT2D eigenvalue weighted by atomic mass is 9.72. The number of aliphatic imine (C=N–C) groups is 1. The number of para-hydroxylation sites is 1. The molecule has 1 N–H and O–H groups in total. The quantitative estimate of drug-likeness (QED) is 0.149. The number of thiophene rings is 1. The Morgan fingerprint density at radius 1 is 1.10 bits per heavy atom. The minimum Gasteiger partial charge on any atom is -0.487 e. The first-order valence-electron chi connectivity index (χ1n) is 13.6. The molecule has 9 heteroatoms. The second-order valence-electron chi connectivity index (χ2n) is 11.4. The lowest BCUT2D eigenvalue weighted by Gasteiger charge is -2.33. The number of ether oxygens (including phenoxy) is 1. The van der Waals surface area contributed by atoms with E-state index in [4.69, 9.17) is 32.9 Å². The summed E-state index contributed by atoms with van der Waals surface area (Å²) < 4.78 is 8.08. The lowest BCUT2D eigenvalue weighted by Crippen LogP contribution is -2.27. The minimum absolute atomic E-state index is 0.103. The van der Waals surface area contributed by atoms with Crippen molar-refractivity contribution in [1.82, 2.24) is 0 Å². The van der Waals surface area contributed by atoms with E-state index in [1.807, 2.05) is 60.8 Å². The molecule has 0 bridgehead atoms. The average molecular weight is 843 g/mol. The van der Waals surface area contributed by atoms with E-state index in [2.05, 4.69) is 71.3 Å². The Morgan fingerprint density at radius 3 is 2.48 bits per heavy atom. The number of nitrogens with one attached hydrogen (secondary N) is 1. The molecule has 218 valence electrons. The van der Waals surface area contributed by atoms with E-state index in [9.17, 15) is 4.79 Å². The third kappa shape index (κ3) is 7.52. The number of halogens is 4. The van der Waals surface area contributed by atoms with Crippen molar-refractivity contribution in [3.05, 3.63) is 105 Å². The molecule has 4 aromatic rings. The number of amides is 1. The zero-order chi connectivity index (χ0) is 30.0. The molecule has 1 heterocycles. The monoisotopic (exact) mass is 842 g/mol. The van der Waals surface area contributed by atoms with Crippen molar-refractivity contribution in [2.24, 2.45) is 16.3 Å². The van der Waals surface area contributed by atoms with Gasteiger partial charge >= 0.3 is 0 Å². The van der Waals surface area contributed by atoms with Crippen LogP contribution in [0.25, 0.3) is 0 Å². The van der Waals surface area contributed by atoms with Crippen molar-refractivity contribution in [2.45, 2.75) is 46.6 Å². The molecule has 0 spiro atoms. The van der Waals surface area contributed by atoms with E-state index in [-0.39, 0.29) is 11.3 Å². The average Bonchev–Trinajstić information content (AvgIpc) is 3.30. The van der Waals surface area contributed by atoms with E-state index >= 15 is 0 Å². The van der Waals surface area contributed by atoms with Crippen LogP contribution in [0, 0.1) is 18.5 Å². The number of hydrogen-bond donors (Lipinski definition) is 1. The molecule has 0 unspecified atom stereocenters. The fraction of sp³-hybridized carbons (Fsp3) is 0.273. The fourth-order valence-corrected chi connectivity index (χ4v) is 8.92. The zero-order valence-corrected chi connectivity index (χ0v) is 30.1. The first-order valence-corrected chi connectivity index (χ1v) is 17.3. The molecule has 1 atom stereocenters. The van der Waals surface area contributed by atoms with Gasteiger partial charge in [-0.25, -0.2) is 4.99 Å². The van der Waals surface area contributed by atoms with Gasteiger partial charge in [-0.2, -0.15) is 0 Å². The van der Waals surface area contributed by atoms with Crippen molar-refractivity contribution in [3.63, 3.8) is 0 Å². The van der Waals surface area contributed by atoms with E-state index in [0.29, 0.717) is 28.1 Å². The first kappa shape index (κ1) is 31.8. The Balaban J connectivity index is 1.42. The predicted octanol–water partition coefficient (Wildman–Crippen LogP) is 11.0. The van der Waals surface area contributed by atoms with Gasteiger partial charge in [-0.1, -0.05) is 68.2 Å². The van der Waals surface area contributed by atoms with Gasteiger partial charge in [0.1, 0.15) is 17.4 Å². The van der Waals surface area contributed by atoms with Gasteiger partial charge in [0.15, 0.2) is 0 Å². The number of benzene rings is 3. The van der Waals surface area contributed by atoms with Crippen LogP contribution in [0.5, 0.6) is 5.75 Å². The van der Waals surface area contributed by atoms with Crippen LogP contribution in [-0.4, -0.2) is 12.1 Å². The highest BCUT2D eigenvalue weighted by Crippen LogP contribution is 2.45. The molecule has 5 rings (SSSR count). The van der Waals surface area contributed by atoms with Crippen molar-refractivity contribution < 1.29 is 9.53 Å². The normalized spacial score (nSPS) is 15.1. The number of rotatable bonds is 7. The van der Waals surface area contributed by atoms with Crippen LogP contribution in [0.15, 0.2) is 65.7 Å². The SMILES string of the molecule is CC(C)(C)[C@H]1CCc2c(sc(N=Cc3cc(I)c(OCc4ccc(Cl)cc4Cl)c(I)c3)c2C(=O)Nc2ccccc2)C1. The third-order valence-electron chi connectivity index (χ3n) is 7.47. The molecule has 0 fully saturated rings. The molecule has 1 aliphatic rings. The molecule has 4 nitrogen and oxygen atoms in total. The number of hydrogen-bond acceptors (Lipinski definition) is 4. The van der Waals surface area contributed by atoms with Gasteiger partial charge in [-0.15, -0.1) is 11.3 Å². The summed E-state index contributed by atoms with van der Waals surface area (Å²) in [6.45, 7) is 7.25. The Kier molecular flexibility index (Phi) is 10.2. The van der Waals surface area contributed by atoms with Crippen LogP contribution in [-0.2, 0) is 19.4 Å². The number of carbonyl (C=O) groups is 1. The minimum atomic E-state index is -0.103. The predicted molar refractivity (Wildman–Crippen MR) is 194 cm³/mol. The molecule has 1 aromatic heterocycles. The summed E-state index contributed by atoms with van der Waals surface area (Å²) >= 11 is 18.6. The maximum absolute atomic E-state index is 13.6. The summed E-state index contributed by atoms with van der Waals surface area (Å²) in [5.74, 6) is 1.26. The molecule has 1 amide bonds. The zero-order valence-electron chi connectivity index (χ0n) is 23.4. The number of anilines is 1. The van der Waals surface area contributed by atoms with Gasteiger partial charge in [0.25, 0.3) is 5.91 Å². The molecule has 0 radical (unpaired) electrons. The van der Waals surface area contributed by atoms with Crippen molar-refractivity contribution in [2.75, 3.05) is 5.32 Å². The maximum atomic E-state index is 13.6. The smallest absolute Gasteiger partial charge is 0.259 e. The highest BCUT2D eigenvalue weighted by Gasteiger charge is 2.33. The van der Waals surface area contributed by atoms with E-state index in [1.165, 1.54) is 4.88 Å². The third-order valence-corrected chi connectivity index (χ3v) is 10.8. The molecular formula is C33H30Cl2I2N2O2S. The Labute approximate surface area is 288 Å². The molecular weight excluding hydrogens is 813 g/mol. The van der Waals surface area contributed by atoms with E-state index in [1.54, 1.807) is 17.4 Å². The highest BCUT2D eigenvalue weighted by molar-refractivity contribution is 14.1. The first-order chi connectivity index (χ1) is 20.0. The Morgan fingerprint density at radius 2 is 1.81 bits per heavy atom. The molecule has 3 aromatic carbocycles. The summed E-state index contributed by atoms with van der Waals surface area (Å²) in [5, 5.41) is 5.02. The van der Waals surface area contributed by atoms with Crippen LogP contribution in [0.2, 0.25) is 10.0 Å². The summed E-state index contributed by atoms with van der Waals surface area (Å²) in [6.07, 6.45) is 4.79. The molecule has 0 aliphatic heterocycles. The van der Waals surface area contributed by atoms with Crippen LogP contribution in [0.4, 0.5) is 10.7 Å². The fourth-order valence-electron chi connectivity index (χ4n) is 5.06. The number of nitrogens with zero attached hydrogens (tertiary/aromatic N) is 1. The van der Waals surface area contributed by atoms with Crippen LogP contribution in [0.3, 0.4) is 0 Å². The number of fused-ring (bicyclic) bond motifs is 1. The largest absolute Gasteiger partial charge is 0.487 e. The highest BCUT2D eigenvalue weighted by atomic mass is 127. The van der Waals surface area contributed by atoms with Gasteiger partial charge in [0, 0.05) is 32.4 Å². The van der Waals surface area contributed by atoms with Gasteiger partial charge in [-0.05, 0) is 123 Å². The molecule has 0 saturated carbocycles. The molecule has 0 saturated heterocycles. The van der Waals surface area contributed by atoms with Crippen LogP contribution in [0.1, 0.15) is 59.1 Å². The van der Waals surface area contributed by atoms with Crippen LogP contribution >= 0.6 is 79.7 Å². The molecule has 42 heavy (non-hydrogen) atoms. The standard InChI is InChI=1S/C33H30Cl2I2N2O2S/c1-33(2,3)21-10-12-24-28(15-21)42-32(29(24)31(40)39-23-7-5-4-6-8-23)38-17-19-13-26(36)30(27(37)14-19)41-18-20-9-11-22(34)16-25(20)35/h4-9,11,13-14,16-17,21H,10,12,15,18H2,1-3H3,(H,39,40)/t21-/m0/s1. The van der Waals surface area contributed by atoms with Gasteiger partial charge < -0.3 is 10.1 Å². The van der Waals surface area contributed by atoms with E-state index < -0.39 is 0 Å².